The van der Waals surface area contributed by atoms with Gasteiger partial charge in [0, 0.05) is 7.05 Å². The van der Waals surface area contributed by atoms with Crippen molar-refractivity contribution in [2.45, 2.75) is 65.7 Å². The average Bonchev–Trinajstić information content (AvgIpc) is 3.12. The van der Waals surface area contributed by atoms with Crippen LogP contribution in [0, 0.1) is 11.3 Å². The fourth-order valence-corrected chi connectivity index (χ4v) is 2.15. The molecule has 0 heterocycles. The van der Waals surface area contributed by atoms with Crippen LogP contribution in [0.1, 0.15) is 65.7 Å². The third kappa shape index (κ3) is 4.84. The summed E-state index contributed by atoms with van der Waals surface area (Å²) in [5.74, 6) is -0.642. The molecule has 19 heavy (non-hydrogen) atoms. The van der Waals surface area contributed by atoms with Crippen molar-refractivity contribution >= 4 is 11.8 Å². The summed E-state index contributed by atoms with van der Waals surface area (Å²) >= 11 is 0. The predicted molar refractivity (Wildman–Crippen MR) is 78.5 cm³/mol. The third-order valence-electron chi connectivity index (χ3n) is 3.92. The molecule has 0 aromatic carbocycles. The largest absolute Gasteiger partial charge is 0.369 e. The Kier molecular flexibility index (Phi) is 8.44. The van der Waals surface area contributed by atoms with Crippen LogP contribution in [0.25, 0.3) is 0 Å². The van der Waals surface area contributed by atoms with Crippen LogP contribution in [0.4, 0.5) is 0 Å². The highest BCUT2D eigenvalue weighted by Gasteiger charge is 2.56. The van der Waals surface area contributed by atoms with E-state index in [9.17, 15) is 9.59 Å². The standard InChI is InChI=1S/C9H16N2O2.C4H8.C2H6/c1-3-6(7(12)11-2)9(4-5-9)8(10)13;1-2-4-3-1;1-2/h6H,3-5H2,1-2H3,(H2,10,13)(H,11,12);1-4H2;1-2H3. The van der Waals surface area contributed by atoms with Gasteiger partial charge in [0.15, 0.2) is 0 Å². The smallest absolute Gasteiger partial charge is 0.224 e. The zero-order chi connectivity index (χ0) is 14.9. The summed E-state index contributed by atoms with van der Waals surface area (Å²) in [4.78, 5) is 22.6. The number of primary amides is 1. The van der Waals surface area contributed by atoms with Gasteiger partial charge < -0.3 is 11.1 Å². The molecule has 2 rings (SSSR count). The van der Waals surface area contributed by atoms with Gasteiger partial charge in [-0.15, -0.1) is 0 Å². The zero-order valence-corrected chi connectivity index (χ0v) is 12.9. The van der Waals surface area contributed by atoms with Crippen LogP contribution in [0.15, 0.2) is 0 Å². The minimum Gasteiger partial charge on any atom is -0.369 e. The van der Waals surface area contributed by atoms with Crippen molar-refractivity contribution in [2.24, 2.45) is 17.1 Å². The predicted octanol–water partition coefficient (Wildman–Crippen LogP) is 2.61. The first kappa shape index (κ1) is 17.9. The minimum absolute atomic E-state index is 0.0706. The van der Waals surface area contributed by atoms with Gasteiger partial charge >= 0.3 is 0 Å². The maximum atomic E-state index is 11.4. The van der Waals surface area contributed by atoms with Crippen molar-refractivity contribution in [3.8, 4) is 0 Å². The molecule has 112 valence electrons. The molecule has 4 heteroatoms. The number of hydrogen-bond donors (Lipinski definition) is 2. The lowest BCUT2D eigenvalue weighted by atomic mass is 9.85. The summed E-state index contributed by atoms with van der Waals surface area (Å²) in [6.45, 7) is 5.91. The SMILES string of the molecule is C1CCC1.CC.CCC(C(=O)NC)C1(C(N)=O)CC1. The molecule has 2 aliphatic rings. The Bertz CT molecular complexity index is 278. The molecule has 0 spiro atoms. The lowest BCUT2D eigenvalue weighted by Crippen LogP contribution is -2.40. The Morgan fingerprint density at radius 1 is 1.16 bits per heavy atom. The molecule has 0 aliphatic heterocycles. The number of hydrogen-bond acceptors (Lipinski definition) is 2. The quantitative estimate of drug-likeness (QED) is 0.824. The zero-order valence-electron chi connectivity index (χ0n) is 12.9. The number of rotatable bonds is 4. The first-order chi connectivity index (χ1) is 9.08. The fraction of sp³-hybridized carbons (Fsp3) is 0.867. The average molecular weight is 270 g/mol. The molecule has 2 saturated carbocycles. The Balaban J connectivity index is 0.000000449. The normalized spacial score (nSPS) is 19.4. The first-order valence-electron chi connectivity index (χ1n) is 7.60. The summed E-state index contributed by atoms with van der Waals surface area (Å²) in [6, 6.07) is 0. The summed E-state index contributed by atoms with van der Waals surface area (Å²) in [7, 11) is 1.59. The Morgan fingerprint density at radius 3 is 1.74 bits per heavy atom. The van der Waals surface area contributed by atoms with Crippen molar-refractivity contribution in [1.29, 1.82) is 0 Å². The van der Waals surface area contributed by atoms with Crippen LogP contribution in [0.5, 0.6) is 0 Å². The summed E-state index contributed by atoms with van der Waals surface area (Å²) < 4.78 is 0. The van der Waals surface area contributed by atoms with E-state index in [0.29, 0.717) is 6.42 Å². The molecular weight excluding hydrogens is 240 g/mol. The van der Waals surface area contributed by atoms with Gasteiger partial charge in [0.1, 0.15) is 0 Å². The van der Waals surface area contributed by atoms with Gasteiger partial charge in [-0.1, -0.05) is 46.5 Å². The maximum absolute atomic E-state index is 11.4. The van der Waals surface area contributed by atoms with Crippen molar-refractivity contribution in [3.05, 3.63) is 0 Å². The topological polar surface area (TPSA) is 72.2 Å². The highest BCUT2D eigenvalue weighted by atomic mass is 16.2. The van der Waals surface area contributed by atoms with Crippen LogP contribution >= 0.6 is 0 Å². The molecule has 2 amide bonds. The molecule has 3 N–H and O–H groups in total. The van der Waals surface area contributed by atoms with Gasteiger partial charge in [-0.3, -0.25) is 9.59 Å². The first-order valence-corrected chi connectivity index (χ1v) is 7.60. The van der Waals surface area contributed by atoms with Crippen molar-refractivity contribution in [2.75, 3.05) is 7.05 Å². The van der Waals surface area contributed by atoms with Gasteiger partial charge in [0.05, 0.1) is 11.3 Å². The van der Waals surface area contributed by atoms with Gasteiger partial charge in [-0.25, -0.2) is 0 Å². The minimum atomic E-state index is -0.533. The lowest BCUT2D eigenvalue weighted by molar-refractivity contribution is -0.134. The Hall–Kier alpha value is -1.06. The fourth-order valence-electron chi connectivity index (χ4n) is 2.15. The number of nitrogens with two attached hydrogens (primary N) is 1. The van der Waals surface area contributed by atoms with Crippen molar-refractivity contribution < 1.29 is 9.59 Å². The van der Waals surface area contributed by atoms with Crippen LogP contribution < -0.4 is 11.1 Å². The van der Waals surface area contributed by atoms with Crippen LogP contribution in [0.2, 0.25) is 0 Å². The number of carbonyl (C=O) groups is 2. The highest BCUT2D eigenvalue weighted by molar-refractivity contribution is 5.91. The van der Waals surface area contributed by atoms with Crippen LogP contribution in [-0.4, -0.2) is 18.9 Å². The highest BCUT2D eigenvalue weighted by Crippen LogP contribution is 2.52. The van der Waals surface area contributed by atoms with E-state index >= 15 is 0 Å². The number of nitrogens with one attached hydrogen (secondary N) is 1. The van der Waals surface area contributed by atoms with Gasteiger partial charge in [0.25, 0.3) is 0 Å². The van der Waals surface area contributed by atoms with Crippen LogP contribution in [-0.2, 0) is 9.59 Å². The third-order valence-corrected chi connectivity index (χ3v) is 3.92. The second kappa shape index (κ2) is 8.94. The van der Waals surface area contributed by atoms with Crippen molar-refractivity contribution in [1.82, 2.24) is 5.32 Å². The molecular formula is C15H30N2O2. The molecule has 0 aromatic rings. The van der Waals surface area contributed by atoms with E-state index in [0.717, 1.165) is 12.8 Å². The molecule has 0 radical (unpaired) electrons. The van der Waals surface area contributed by atoms with Gasteiger partial charge in [-0.2, -0.15) is 0 Å². The molecule has 0 aromatic heterocycles. The van der Waals surface area contributed by atoms with E-state index in [1.165, 1.54) is 25.7 Å². The van der Waals surface area contributed by atoms with Crippen molar-refractivity contribution in [3.63, 3.8) is 0 Å². The van der Waals surface area contributed by atoms with E-state index in [-0.39, 0.29) is 17.7 Å². The molecule has 1 atom stereocenters. The second-order valence-corrected chi connectivity index (χ2v) is 5.01. The van der Waals surface area contributed by atoms with E-state index in [2.05, 4.69) is 5.32 Å². The van der Waals surface area contributed by atoms with E-state index in [4.69, 9.17) is 5.73 Å². The monoisotopic (exact) mass is 270 g/mol. The lowest BCUT2D eigenvalue weighted by Gasteiger charge is -2.20. The molecule has 0 bridgehead atoms. The van der Waals surface area contributed by atoms with Crippen LogP contribution in [0.3, 0.4) is 0 Å². The second-order valence-electron chi connectivity index (χ2n) is 5.01. The molecule has 2 fully saturated rings. The molecule has 4 nitrogen and oxygen atoms in total. The van der Waals surface area contributed by atoms with E-state index in [1.807, 2.05) is 20.8 Å². The number of amides is 2. The molecule has 2 aliphatic carbocycles. The summed E-state index contributed by atoms with van der Waals surface area (Å²) in [6.07, 6.45) is 8.19. The summed E-state index contributed by atoms with van der Waals surface area (Å²) in [5, 5.41) is 2.57. The Morgan fingerprint density at radius 2 is 1.58 bits per heavy atom. The maximum Gasteiger partial charge on any atom is 0.224 e. The van der Waals surface area contributed by atoms with E-state index in [1.54, 1.807) is 7.05 Å². The summed E-state index contributed by atoms with van der Waals surface area (Å²) in [5.41, 5.74) is 4.75. The molecule has 0 saturated heterocycles. The Labute approximate surface area is 117 Å². The number of carbonyl (C=O) groups excluding carboxylic acids is 2. The molecule has 1 unspecified atom stereocenters. The van der Waals surface area contributed by atoms with Gasteiger partial charge in [-0.05, 0) is 19.3 Å². The van der Waals surface area contributed by atoms with E-state index < -0.39 is 5.41 Å². The van der Waals surface area contributed by atoms with Gasteiger partial charge in [0.2, 0.25) is 11.8 Å².